The number of benzene rings is 2. The van der Waals surface area contributed by atoms with E-state index in [0.29, 0.717) is 15.7 Å². The van der Waals surface area contributed by atoms with E-state index in [2.05, 4.69) is 15.3 Å². The Balaban J connectivity index is 1.49. The minimum Gasteiger partial charge on any atom is -0.484 e. The van der Waals surface area contributed by atoms with Crippen molar-refractivity contribution in [3.8, 4) is 5.75 Å². The number of amides is 1. The average Bonchev–Trinajstić information content (AvgIpc) is 3.09. The van der Waals surface area contributed by atoms with E-state index < -0.39 is 30.1 Å². The van der Waals surface area contributed by atoms with Crippen molar-refractivity contribution in [3.63, 3.8) is 0 Å². The number of rotatable bonds is 5. The van der Waals surface area contributed by atoms with Gasteiger partial charge in [-0.2, -0.15) is 13.2 Å². The summed E-state index contributed by atoms with van der Waals surface area (Å²) in [5.41, 5.74) is 0.188. The molecule has 0 bridgehead atoms. The zero-order valence-corrected chi connectivity index (χ0v) is 16.3. The van der Waals surface area contributed by atoms with Gasteiger partial charge in [-0.05, 0) is 36.4 Å². The lowest BCUT2D eigenvalue weighted by Gasteiger charge is -2.08. The molecule has 0 saturated carbocycles. The average molecular weight is 452 g/mol. The molecule has 0 atom stereocenters. The lowest BCUT2D eigenvalue weighted by Crippen LogP contribution is -2.27. The number of nitrogens with zero attached hydrogens (tertiary/aromatic N) is 3. The fourth-order valence-electron chi connectivity index (χ4n) is 2.77. The molecule has 0 aliphatic carbocycles. The van der Waals surface area contributed by atoms with E-state index >= 15 is 0 Å². The maximum absolute atomic E-state index is 13.4. The molecule has 0 unspecified atom stereocenters. The second-order valence-electron chi connectivity index (χ2n) is 6.44. The Bertz CT molecular complexity index is 1350. The third-order valence-corrected chi connectivity index (χ3v) is 5.04. The van der Waals surface area contributed by atoms with Gasteiger partial charge in [0.25, 0.3) is 5.56 Å². The third-order valence-electron chi connectivity index (χ3n) is 4.11. The quantitative estimate of drug-likeness (QED) is 0.467. The maximum Gasteiger partial charge on any atom is 0.422 e. The summed E-state index contributed by atoms with van der Waals surface area (Å²) < 4.78 is 56.5. The smallest absolute Gasteiger partial charge is 0.422 e. The van der Waals surface area contributed by atoms with Crippen LogP contribution in [0.15, 0.2) is 47.5 Å². The molecule has 31 heavy (non-hydrogen) atoms. The molecule has 0 aliphatic rings. The van der Waals surface area contributed by atoms with Crippen LogP contribution < -0.4 is 15.6 Å². The van der Waals surface area contributed by atoms with Crippen LogP contribution in [0.25, 0.3) is 21.1 Å². The van der Waals surface area contributed by atoms with Gasteiger partial charge in [0.1, 0.15) is 18.1 Å². The lowest BCUT2D eigenvalue weighted by atomic mass is 10.2. The second kappa shape index (κ2) is 7.95. The fourth-order valence-corrected chi connectivity index (χ4v) is 3.68. The number of anilines is 1. The number of halogens is 4. The fraction of sp³-hybridized carbons (Fsp3) is 0.158. The molecular formula is C19H12F4N4O3S. The monoisotopic (exact) mass is 452 g/mol. The molecule has 1 N–H and O–H groups in total. The minimum atomic E-state index is -4.46. The zero-order chi connectivity index (χ0) is 22.2. The van der Waals surface area contributed by atoms with Gasteiger partial charge in [-0.1, -0.05) is 11.3 Å². The Kier molecular flexibility index (Phi) is 5.31. The molecule has 12 heteroatoms. The summed E-state index contributed by atoms with van der Waals surface area (Å²) in [5.74, 6) is -1.15. The van der Waals surface area contributed by atoms with E-state index in [-0.39, 0.29) is 22.8 Å². The SMILES string of the molecule is O=C(Cn1cnc2ccc(F)cc2c1=O)Nc1nc2ccc(OCC(F)(F)F)cc2s1. The maximum atomic E-state index is 13.4. The second-order valence-corrected chi connectivity index (χ2v) is 7.47. The number of hydrogen-bond acceptors (Lipinski definition) is 6. The number of carbonyl (C=O) groups is 1. The normalized spacial score (nSPS) is 11.7. The summed E-state index contributed by atoms with van der Waals surface area (Å²) in [6.45, 7) is -1.80. The van der Waals surface area contributed by atoms with E-state index in [1.807, 2.05) is 0 Å². The van der Waals surface area contributed by atoms with Crippen LogP contribution in [0.5, 0.6) is 5.75 Å². The summed E-state index contributed by atoms with van der Waals surface area (Å²) >= 11 is 1.04. The molecule has 0 aliphatic heterocycles. The first-order valence-electron chi connectivity index (χ1n) is 8.73. The van der Waals surface area contributed by atoms with Crippen molar-refractivity contribution < 1.29 is 27.1 Å². The predicted octanol–water partition coefficient (Wildman–Crippen LogP) is 3.73. The number of thiazole rings is 1. The molecule has 4 aromatic rings. The van der Waals surface area contributed by atoms with Crippen LogP contribution in [0.1, 0.15) is 0 Å². The van der Waals surface area contributed by atoms with Crippen molar-refractivity contribution in [2.24, 2.45) is 0 Å². The van der Waals surface area contributed by atoms with Gasteiger partial charge in [-0.15, -0.1) is 0 Å². The molecule has 2 aromatic carbocycles. The summed E-state index contributed by atoms with van der Waals surface area (Å²) in [4.78, 5) is 33.0. The molecular weight excluding hydrogens is 440 g/mol. The number of aromatic nitrogens is 3. The molecule has 0 spiro atoms. The molecule has 160 valence electrons. The molecule has 0 saturated heterocycles. The highest BCUT2D eigenvalue weighted by atomic mass is 32.1. The van der Waals surface area contributed by atoms with Gasteiger partial charge >= 0.3 is 6.18 Å². The third kappa shape index (κ3) is 4.79. The predicted molar refractivity (Wildman–Crippen MR) is 106 cm³/mol. The van der Waals surface area contributed by atoms with Crippen LogP contribution in [0.2, 0.25) is 0 Å². The van der Waals surface area contributed by atoms with Gasteiger partial charge in [0.15, 0.2) is 11.7 Å². The number of ether oxygens (including phenoxy) is 1. The van der Waals surface area contributed by atoms with Crippen LogP contribution >= 0.6 is 11.3 Å². The lowest BCUT2D eigenvalue weighted by molar-refractivity contribution is -0.153. The van der Waals surface area contributed by atoms with Gasteiger partial charge in [-0.3, -0.25) is 14.2 Å². The topological polar surface area (TPSA) is 86.1 Å². The van der Waals surface area contributed by atoms with Gasteiger partial charge in [0.05, 0.1) is 27.4 Å². The minimum absolute atomic E-state index is 0.0207. The number of nitrogens with one attached hydrogen (secondary N) is 1. The summed E-state index contributed by atoms with van der Waals surface area (Å²) in [6.07, 6.45) is -3.27. The van der Waals surface area contributed by atoms with Crippen molar-refractivity contribution >= 4 is 43.5 Å². The van der Waals surface area contributed by atoms with Crippen molar-refractivity contribution in [1.29, 1.82) is 0 Å². The molecule has 0 fully saturated rings. The highest BCUT2D eigenvalue weighted by Crippen LogP contribution is 2.30. The van der Waals surface area contributed by atoms with Gasteiger partial charge in [-0.25, -0.2) is 14.4 Å². The van der Waals surface area contributed by atoms with Crippen LogP contribution in [-0.2, 0) is 11.3 Å². The Hall–Kier alpha value is -3.54. The largest absolute Gasteiger partial charge is 0.484 e. The van der Waals surface area contributed by atoms with E-state index in [4.69, 9.17) is 4.74 Å². The molecule has 2 aromatic heterocycles. The van der Waals surface area contributed by atoms with Crippen LogP contribution in [0.3, 0.4) is 0 Å². The van der Waals surface area contributed by atoms with Crippen molar-refractivity contribution in [3.05, 3.63) is 58.9 Å². The Morgan fingerprint density at radius 1 is 1.16 bits per heavy atom. The number of fused-ring (bicyclic) bond motifs is 2. The van der Waals surface area contributed by atoms with Crippen LogP contribution in [0, 0.1) is 5.82 Å². The van der Waals surface area contributed by atoms with Crippen molar-refractivity contribution in [2.75, 3.05) is 11.9 Å². The molecule has 7 nitrogen and oxygen atoms in total. The van der Waals surface area contributed by atoms with E-state index in [1.165, 1.54) is 36.7 Å². The molecule has 4 rings (SSSR count). The van der Waals surface area contributed by atoms with E-state index in [9.17, 15) is 27.2 Å². The van der Waals surface area contributed by atoms with E-state index in [1.54, 1.807) is 0 Å². The van der Waals surface area contributed by atoms with Gasteiger partial charge in [0, 0.05) is 0 Å². The zero-order valence-electron chi connectivity index (χ0n) is 15.4. The van der Waals surface area contributed by atoms with Crippen LogP contribution in [0.4, 0.5) is 22.7 Å². The first-order valence-corrected chi connectivity index (χ1v) is 9.54. The molecule has 0 radical (unpaired) electrons. The molecule has 2 heterocycles. The summed E-state index contributed by atoms with van der Waals surface area (Å²) in [7, 11) is 0. The van der Waals surface area contributed by atoms with Gasteiger partial charge < -0.3 is 10.1 Å². The van der Waals surface area contributed by atoms with Crippen LogP contribution in [-0.4, -0.2) is 33.2 Å². The Morgan fingerprint density at radius 2 is 1.94 bits per heavy atom. The number of hydrogen-bond donors (Lipinski definition) is 1. The summed E-state index contributed by atoms with van der Waals surface area (Å²) in [6, 6.07) is 7.80. The number of carbonyl (C=O) groups excluding carboxylic acids is 1. The highest BCUT2D eigenvalue weighted by Gasteiger charge is 2.28. The highest BCUT2D eigenvalue weighted by molar-refractivity contribution is 7.22. The summed E-state index contributed by atoms with van der Waals surface area (Å²) in [5, 5.41) is 2.77. The number of alkyl halides is 3. The Morgan fingerprint density at radius 3 is 2.71 bits per heavy atom. The first kappa shape index (κ1) is 20.7. The first-order chi connectivity index (χ1) is 14.7. The van der Waals surface area contributed by atoms with Crippen molar-refractivity contribution in [2.45, 2.75) is 12.7 Å². The van der Waals surface area contributed by atoms with Gasteiger partial charge in [0.2, 0.25) is 5.91 Å². The standard InChI is InChI=1S/C19H12F4N4O3S/c20-10-1-3-13-12(5-10)17(29)27(9-24-13)7-16(28)26-18-25-14-4-2-11(6-15(14)31-18)30-8-19(21,22)23/h1-6,9H,7-8H2,(H,25,26,28). The molecule has 1 amide bonds. The van der Waals surface area contributed by atoms with Crippen molar-refractivity contribution in [1.82, 2.24) is 14.5 Å². The Labute approximate surface area is 174 Å². The van der Waals surface area contributed by atoms with E-state index in [0.717, 1.165) is 22.0 Å².